The summed E-state index contributed by atoms with van der Waals surface area (Å²) >= 11 is 3.27. The molecule has 0 saturated carbocycles. The Morgan fingerprint density at radius 1 is 1.50 bits per heavy atom. The van der Waals surface area contributed by atoms with Crippen LogP contribution in [0.4, 0.5) is 0 Å². The third-order valence-corrected chi connectivity index (χ3v) is 0.987. The van der Waals surface area contributed by atoms with Crippen LogP contribution in [0.15, 0.2) is 12.7 Å². The van der Waals surface area contributed by atoms with Crippen molar-refractivity contribution in [2.24, 2.45) is 0 Å². The van der Waals surface area contributed by atoms with E-state index in [4.69, 9.17) is 0 Å². The van der Waals surface area contributed by atoms with Crippen LogP contribution in [0.3, 0.4) is 0 Å². The van der Waals surface area contributed by atoms with Gasteiger partial charge in [-0.3, -0.25) is 0 Å². The Balaban J connectivity index is 3.07. The van der Waals surface area contributed by atoms with E-state index >= 15 is 0 Å². The van der Waals surface area contributed by atoms with Crippen LogP contribution in [-0.4, -0.2) is 5.33 Å². The fraction of sp³-hybridized carbons (Fsp3) is 0.429. The van der Waals surface area contributed by atoms with Gasteiger partial charge in [-0.25, -0.2) is 0 Å². The molecular weight excluding hydrogens is 164 g/mol. The van der Waals surface area contributed by atoms with Crippen molar-refractivity contribution < 1.29 is 0 Å². The van der Waals surface area contributed by atoms with E-state index in [2.05, 4.69) is 34.3 Å². The normalized spacial score (nSPS) is 7.12. The van der Waals surface area contributed by atoms with Crippen molar-refractivity contribution in [2.75, 3.05) is 5.33 Å². The SMILES string of the molecule is C=CCC#CCCBr. The second-order valence-corrected chi connectivity index (χ2v) is 2.08. The van der Waals surface area contributed by atoms with Crippen LogP contribution < -0.4 is 0 Å². The molecule has 0 aliphatic heterocycles. The molecule has 0 unspecified atom stereocenters. The number of alkyl halides is 1. The number of hydrogen-bond acceptors (Lipinski definition) is 0. The van der Waals surface area contributed by atoms with Gasteiger partial charge in [0.1, 0.15) is 0 Å². The van der Waals surface area contributed by atoms with Gasteiger partial charge in [0.15, 0.2) is 0 Å². The molecule has 8 heavy (non-hydrogen) atoms. The minimum Gasteiger partial charge on any atom is -0.102 e. The molecule has 0 rings (SSSR count). The molecule has 0 nitrogen and oxygen atoms in total. The Labute approximate surface area is 59.1 Å². The third-order valence-electron chi connectivity index (χ3n) is 0.591. The fourth-order valence-electron chi connectivity index (χ4n) is 0.280. The summed E-state index contributed by atoms with van der Waals surface area (Å²) in [4.78, 5) is 0. The molecular formula is C7H9Br. The molecule has 1 heteroatoms. The fourth-order valence-corrected chi connectivity index (χ4v) is 0.478. The molecule has 0 aromatic rings. The van der Waals surface area contributed by atoms with E-state index in [0.717, 1.165) is 18.2 Å². The highest BCUT2D eigenvalue weighted by molar-refractivity contribution is 9.09. The summed E-state index contributed by atoms with van der Waals surface area (Å²) in [5.74, 6) is 5.91. The second-order valence-electron chi connectivity index (χ2n) is 1.29. The number of halogens is 1. The van der Waals surface area contributed by atoms with Crippen LogP contribution in [0.2, 0.25) is 0 Å². The van der Waals surface area contributed by atoms with E-state index in [1.165, 1.54) is 0 Å². The lowest BCUT2D eigenvalue weighted by Crippen LogP contribution is -1.64. The first-order valence-electron chi connectivity index (χ1n) is 2.54. The van der Waals surface area contributed by atoms with E-state index in [9.17, 15) is 0 Å². The zero-order chi connectivity index (χ0) is 6.24. The van der Waals surface area contributed by atoms with Crippen molar-refractivity contribution in [2.45, 2.75) is 12.8 Å². The van der Waals surface area contributed by atoms with E-state index in [1.807, 2.05) is 0 Å². The second kappa shape index (κ2) is 6.78. The largest absolute Gasteiger partial charge is 0.102 e. The maximum Gasteiger partial charge on any atom is 0.0267 e. The Morgan fingerprint density at radius 3 is 2.75 bits per heavy atom. The van der Waals surface area contributed by atoms with Crippen molar-refractivity contribution in [3.63, 3.8) is 0 Å². The molecule has 0 aromatic heterocycles. The summed E-state index contributed by atoms with van der Waals surface area (Å²) < 4.78 is 0. The lowest BCUT2D eigenvalue weighted by molar-refractivity contribution is 1.31. The quantitative estimate of drug-likeness (QED) is 0.341. The van der Waals surface area contributed by atoms with Crippen LogP contribution in [-0.2, 0) is 0 Å². The highest BCUT2D eigenvalue weighted by Gasteiger charge is 1.68. The Morgan fingerprint density at radius 2 is 2.25 bits per heavy atom. The first-order chi connectivity index (χ1) is 3.91. The van der Waals surface area contributed by atoms with Gasteiger partial charge in [-0.1, -0.05) is 27.9 Å². The first kappa shape index (κ1) is 7.78. The maximum atomic E-state index is 3.54. The summed E-state index contributed by atoms with van der Waals surface area (Å²) in [5.41, 5.74) is 0. The van der Waals surface area contributed by atoms with Gasteiger partial charge in [0, 0.05) is 18.2 Å². The average Bonchev–Trinajstić information content (AvgIpc) is 1.81. The van der Waals surface area contributed by atoms with Crippen LogP contribution >= 0.6 is 15.9 Å². The number of hydrogen-bond donors (Lipinski definition) is 0. The average molecular weight is 173 g/mol. The van der Waals surface area contributed by atoms with Gasteiger partial charge in [0.05, 0.1) is 0 Å². The van der Waals surface area contributed by atoms with Crippen LogP contribution in [0.25, 0.3) is 0 Å². The van der Waals surface area contributed by atoms with Crippen molar-refractivity contribution >= 4 is 15.9 Å². The maximum absolute atomic E-state index is 3.54. The molecule has 0 fully saturated rings. The molecule has 0 spiro atoms. The minimum atomic E-state index is 0.813. The van der Waals surface area contributed by atoms with Crippen molar-refractivity contribution in [1.82, 2.24) is 0 Å². The van der Waals surface area contributed by atoms with E-state index in [0.29, 0.717) is 0 Å². The van der Waals surface area contributed by atoms with E-state index in [-0.39, 0.29) is 0 Å². The summed E-state index contributed by atoms with van der Waals surface area (Å²) in [7, 11) is 0. The monoisotopic (exact) mass is 172 g/mol. The molecule has 0 N–H and O–H groups in total. The van der Waals surface area contributed by atoms with E-state index in [1.54, 1.807) is 6.08 Å². The van der Waals surface area contributed by atoms with Crippen molar-refractivity contribution in [3.05, 3.63) is 12.7 Å². The molecule has 0 radical (unpaired) electrons. The smallest absolute Gasteiger partial charge is 0.0267 e. The van der Waals surface area contributed by atoms with Gasteiger partial charge in [-0.2, -0.15) is 0 Å². The predicted molar refractivity (Wildman–Crippen MR) is 41.0 cm³/mol. The summed E-state index contributed by atoms with van der Waals surface area (Å²) in [5, 5.41) is 0.969. The highest BCUT2D eigenvalue weighted by Crippen LogP contribution is 1.84. The topological polar surface area (TPSA) is 0 Å². The van der Waals surface area contributed by atoms with Crippen LogP contribution in [0, 0.1) is 11.8 Å². The summed E-state index contributed by atoms with van der Waals surface area (Å²) in [6.07, 6.45) is 3.56. The van der Waals surface area contributed by atoms with E-state index < -0.39 is 0 Å². The summed E-state index contributed by atoms with van der Waals surface area (Å²) in [6, 6.07) is 0. The Hall–Kier alpha value is -0.220. The molecule has 44 valence electrons. The molecule has 0 heterocycles. The Bertz CT molecular complexity index is 105. The molecule has 0 saturated heterocycles. The zero-order valence-electron chi connectivity index (χ0n) is 4.78. The molecule has 0 bridgehead atoms. The number of rotatable bonds is 2. The lowest BCUT2D eigenvalue weighted by atomic mass is 10.4. The minimum absolute atomic E-state index is 0.813. The van der Waals surface area contributed by atoms with Crippen LogP contribution in [0.1, 0.15) is 12.8 Å². The first-order valence-corrected chi connectivity index (χ1v) is 3.66. The van der Waals surface area contributed by atoms with Gasteiger partial charge in [0.2, 0.25) is 0 Å². The van der Waals surface area contributed by atoms with Gasteiger partial charge in [-0.05, 0) is 0 Å². The summed E-state index contributed by atoms with van der Waals surface area (Å²) in [6.45, 7) is 3.54. The molecule has 0 aliphatic rings. The van der Waals surface area contributed by atoms with Gasteiger partial charge in [0.25, 0.3) is 0 Å². The lowest BCUT2D eigenvalue weighted by Gasteiger charge is -1.74. The standard InChI is InChI=1S/C7H9Br/c1-2-3-4-5-6-7-8/h2H,1,3,6-7H2. The Kier molecular flexibility index (Phi) is 6.59. The van der Waals surface area contributed by atoms with Gasteiger partial charge >= 0.3 is 0 Å². The highest BCUT2D eigenvalue weighted by atomic mass is 79.9. The molecule has 0 aromatic carbocycles. The third kappa shape index (κ3) is 5.78. The van der Waals surface area contributed by atoms with Crippen molar-refractivity contribution in [1.29, 1.82) is 0 Å². The zero-order valence-corrected chi connectivity index (χ0v) is 6.37. The molecule has 0 atom stereocenters. The van der Waals surface area contributed by atoms with Crippen molar-refractivity contribution in [3.8, 4) is 11.8 Å². The molecule has 0 aliphatic carbocycles. The predicted octanol–water partition coefficient (Wildman–Crippen LogP) is 2.35. The van der Waals surface area contributed by atoms with Crippen LogP contribution in [0.5, 0.6) is 0 Å². The van der Waals surface area contributed by atoms with Gasteiger partial charge in [-0.15, -0.1) is 12.5 Å². The van der Waals surface area contributed by atoms with Gasteiger partial charge < -0.3 is 0 Å². The number of allylic oxidation sites excluding steroid dienone is 1. The molecule has 0 amide bonds.